The lowest BCUT2D eigenvalue weighted by Crippen LogP contribution is -2.46. The van der Waals surface area contributed by atoms with Gasteiger partial charge in [-0.15, -0.1) is 0 Å². The number of hydrogen-bond donors (Lipinski definition) is 1. The number of carboxylic acids is 1. The van der Waals surface area contributed by atoms with Gasteiger partial charge in [0.15, 0.2) is 0 Å². The van der Waals surface area contributed by atoms with Crippen LogP contribution in [0, 0.1) is 11.8 Å². The highest BCUT2D eigenvalue weighted by Gasteiger charge is 2.36. The van der Waals surface area contributed by atoms with Crippen molar-refractivity contribution in [3.63, 3.8) is 0 Å². The molecule has 5 nitrogen and oxygen atoms in total. The number of carboxylic acid groups (broad SMARTS) is 1. The molecule has 1 heterocycles. The van der Waals surface area contributed by atoms with Crippen molar-refractivity contribution in [2.75, 3.05) is 27.2 Å². The molecule has 2 atom stereocenters. The molecule has 1 amide bonds. The molecule has 19 heavy (non-hydrogen) atoms. The molecule has 1 saturated carbocycles. The summed E-state index contributed by atoms with van der Waals surface area (Å²) < 4.78 is 0. The van der Waals surface area contributed by atoms with E-state index >= 15 is 0 Å². The van der Waals surface area contributed by atoms with Gasteiger partial charge in [0, 0.05) is 25.0 Å². The Bertz CT molecular complexity index is 349. The third kappa shape index (κ3) is 3.26. The highest BCUT2D eigenvalue weighted by atomic mass is 16.4. The smallest absolute Gasteiger partial charge is 0.306 e. The van der Waals surface area contributed by atoms with E-state index in [4.69, 9.17) is 5.11 Å². The first-order chi connectivity index (χ1) is 8.99. The predicted molar refractivity (Wildman–Crippen MR) is 71.8 cm³/mol. The minimum absolute atomic E-state index is 0.0583. The van der Waals surface area contributed by atoms with Gasteiger partial charge in [-0.2, -0.15) is 0 Å². The molecule has 0 unspecified atom stereocenters. The van der Waals surface area contributed by atoms with Crippen LogP contribution in [0.1, 0.15) is 32.1 Å². The first kappa shape index (κ1) is 14.3. The Labute approximate surface area is 114 Å². The van der Waals surface area contributed by atoms with Crippen LogP contribution in [-0.2, 0) is 9.59 Å². The van der Waals surface area contributed by atoms with Crippen molar-refractivity contribution < 1.29 is 14.7 Å². The van der Waals surface area contributed by atoms with Gasteiger partial charge in [0.05, 0.1) is 5.92 Å². The van der Waals surface area contributed by atoms with Crippen LogP contribution in [0.3, 0.4) is 0 Å². The summed E-state index contributed by atoms with van der Waals surface area (Å²) in [5.74, 6) is -0.937. The van der Waals surface area contributed by atoms with Gasteiger partial charge < -0.3 is 14.9 Å². The lowest BCUT2D eigenvalue weighted by Gasteiger charge is -2.36. The van der Waals surface area contributed by atoms with Crippen molar-refractivity contribution in [1.29, 1.82) is 0 Å². The summed E-state index contributed by atoms with van der Waals surface area (Å²) in [6.07, 6.45) is 3.97. The van der Waals surface area contributed by atoms with Gasteiger partial charge in [0.25, 0.3) is 0 Å². The minimum atomic E-state index is -0.749. The molecule has 1 aliphatic carbocycles. The average molecular weight is 268 g/mol. The van der Waals surface area contributed by atoms with Crippen LogP contribution in [0.25, 0.3) is 0 Å². The maximum atomic E-state index is 12.4. The van der Waals surface area contributed by atoms with Gasteiger partial charge in [-0.1, -0.05) is 0 Å². The summed E-state index contributed by atoms with van der Waals surface area (Å²) in [6.45, 7) is 1.63. The Hall–Kier alpha value is -1.10. The lowest BCUT2D eigenvalue weighted by molar-refractivity contribution is -0.141. The predicted octanol–water partition coefficient (Wildman–Crippen LogP) is 1.04. The van der Waals surface area contributed by atoms with Gasteiger partial charge in [-0.05, 0) is 46.2 Å². The maximum absolute atomic E-state index is 12.4. The van der Waals surface area contributed by atoms with Crippen molar-refractivity contribution in [1.82, 2.24) is 9.80 Å². The number of amides is 1. The van der Waals surface area contributed by atoms with E-state index in [0.29, 0.717) is 18.9 Å². The Morgan fingerprint density at radius 2 is 1.63 bits per heavy atom. The van der Waals surface area contributed by atoms with Gasteiger partial charge in [-0.25, -0.2) is 0 Å². The number of aliphatic carboxylic acids is 1. The molecule has 0 aromatic rings. The van der Waals surface area contributed by atoms with E-state index < -0.39 is 5.97 Å². The second kappa shape index (κ2) is 5.90. The van der Waals surface area contributed by atoms with E-state index in [9.17, 15) is 9.59 Å². The topological polar surface area (TPSA) is 60.9 Å². The van der Waals surface area contributed by atoms with E-state index in [0.717, 1.165) is 32.4 Å². The minimum Gasteiger partial charge on any atom is -0.481 e. The maximum Gasteiger partial charge on any atom is 0.306 e. The highest BCUT2D eigenvalue weighted by Crippen LogP contribution is 2.33. The second-order valence-electron chi connectivity index (χ2n) is 6.07. The third-order valence-electron chi connectivity index (χ3n) is 4.64. The first-order valence-electron chi connectivity index (χ1n) is 7.17. The molecule has 0 aromatic heterocycles. The number of likely N-dealkylation sites (tertiary alicyclic amines) is 1. The van der Waals surface area contributed by atoms with Gasteiger partial charge >= 0.3 is 5.97 Å². The van der Waals surface area contributed by atoms with Crippen LogP contribution in [0.5, 0.6) is 0 Å². The summed E-state index contributed by atoms with van der Waals surface area (Å²) in [7, 11) is 4.16. The Balaban J connectivity index is 1.83. The van der Waals surface area contributed by atoms with E-state index in [1.54, 1.807) is 0 Å². The number of piperidine rings is 1. The Kier molecular flexibility index (Phi) is 4.45. The second-order valence-corrected chi connectivity index (χ2v) is 6.07. The molecule has 1 N–H and O–H groups in total. The summed E-state index contributed by atoms with van der Waals surface area (Å²) in [5, 5.41) is 8.99. The number of hydrogen-bond acceptors (Lipinski definition) is 3. The Morgan fingerprint density at radius 3 is 2.11 bits per heavy atom. The molecule has 5 heteroatoms. The van der Waals surface area contributed by atoms with E-state index in [1.807, 2.05) is 4.90 Å². The molecule has 0 bridgehead atoms. The average Bonchev–Trinajstić information content (AvgIpc) is 2.87. The van der Waals surface area contributed by atoms with Crippen LogP contribution in [-0.4, -0.2) is 60.0 Å². The quantitative estimate of drug-likeness (QED) is 0.831. The largest absolute Gasteiger partial charge is 0.481 e. The van der Waals surface area contributed by atoms with Gasteiger partial charge in [0.1, 0.15) is 0 Å². The fourth-order valence-electron chi connectivity index (χ4n) is 3.29. The van der Waals surface area contributed by atoms with E-state index in [2.05, 4.69) is 19.0 Å². The van der Waals surface area contributed by atoms with Crippen molar-refractivity contribution >= 4 is 11.9 Å². The summed E-state index contributed by atoms with van der Waals surface area (Å²) >= 11 is 0. The number of rotatable bonds is 3. The summed E-state index contributed by atoms with van der Waals surface area (Å²) in [6, 6.07) is 0.569. The fraction of sp³-hybridized carbons (Fsp3) is 0.857. The number of carbonyl (C=O) groups excluding carboxylic acids is 1. The summed E-state index contributed by atoms with van der Waals surface area (Å²) in [4.78, 5) is 27.5. The molecule has 2 aliphatic rings. The molecule has 0 radical (unpaired) electrons. The van der Waals surface area contributed by atoms with E-state index in [-0.39, 0.29) is 17.7 Å². The van der Waals surface area contributed by atoms with E-state index in [1.165, 1.54) is 0 Å². The van der Waals surface area contributed by atoms with Gasteiger partial charge in [0.2, 0.25) is 5.91 Å². The molecular weight excluding hydrogens is 244 g/mol. The molecule has 1 saturated heterocycles. The van der Waals surface area contributed by atoms with Crippen molar-refractivity contribution in [2.45, 2.75) is 38.1 Å². The Morgan fingerprint density at radius 1 is 1.05 bits per heavy atom. The van der Waals surface area contributed by atoms with Gasteiger partial charge in [-0.3, -0.25) is 9.59 Å². The van der Waals surface area contributed by atoms with Crippen LogP contribution < -0.4 is 0 Å². The van der Waals surface area contributed by atoms with Crippen molar-refractivity contribution in [3.05, 3.63) is 0 Å². The summed E-state index contributed by atoms with van der Waals surface area (Å²) in [5.41, 5.74) is 0. The SMILES string of the molecule is CN(C)C1CCN(C(=O)[C@@H]2CC[C@H](C(=O)O)C2)CC1. The fourth-order valence-corrected chi connectivity index (χ4v) is 3.29. The number of carbonyl (C=O) groups is 2. The normalized spacial score (nSPS) is 28.9. The van der Waals surface area contributed by atoms with Crippen LogP contribution in [0.2, 0.25) is 0 Å². The van der Waals surface area contributed by atoms with Crippen molar-refractivity contribution in [2.24, 2.45) is 11.8 Å². The molecule has 0 spiro atoms. The monoisotopic (exact) mass is 268 g/mol. The zero-order chi connectivity index (χ0) is 14.0. The molecule has 108 valence electrons. The zero-order valence-corrected chi connectivity index (χ0v) is 11.8. The molecule has 1 aliphatic heterocycles. The van der Waals surface area contributed by atoms with Crippen LogP contribution in [0.4, 0.5) is 0 Å². The third-order valence-corrected chi connectivity index (χ3v) is 4.64. The molecule has 2 fully saturated rings. The highest BCUT2D eigenvalue weighted by molar-refractivity contribution is 5.81. The molecule has 0 aromatic carbocycles. The standard InChI is InChI=1S/C14H24N2O3/c1-15(2)12-5-7-16(8-6-12)13(17)10-3-4-11(9-10)14(18)19/h10-12H,3-9H2,1-2H3,(H,18,19)/t10-,11+/m1/s1. The number of nitrogens with zero attached hydrogens (tertiary/aromatic N) is 2. The molecular formula is C14H24N2O3. The van der Waals surface area contributed by atoms with Crippen LogP contribution >= 0.6 is 0 Å². The lowest BCUT2D eigenvalue weighted by atomic mass is 9.99. The molecule has 2 rings (SSSR count). The zero-order valence-electron chi connectivity index (χ0n) is 11.8. The van der Waals surface area contributed by atoms with Crippen LogP contribution in [0.15, 0.2) is 0 Å². The first-order valence-corrected chi connectivity index (χ1v) is 7.17. The van der Waals surface area contributed by atoms with Crippen molar-refractivity contribution in [3.8, 4) is 0 Å².